The molecule has 0 bridgehead atoms. The average Bonchev–Trinajstić information content (AvgIpc) is 2.51. The van der Waals surface area contributed by atoms with Crippen molar-refractivity contribution in [3.63, 3.8) is 0 Å². The number of aromatic amines is 1. The van der Waals surface area contributed by atoms with Gasteiger partial charge in [0.2, 0.25) is 0 Å². The van der Waals surface area contributed by atoms with E-state index < -0.39 is 5.82 Å². The van der Waals surface area contributed by atoms with Crippen molar-refractivity contribution in [2.75, 3.05) is 0 Å². The fraction of sp³-hybridized carbons (Fsp3) is 0.182. The predicted octanol–water partition coefficient (Wildman–Crippen LogP) is 3.47. The quantitative estimate of drug-likeness (QED) is 0.741. The van der Waals surface area contributed by atoms with Crippen LogP contribution in [-0.2, 0) is 0 Å². The molecule has 1 aromatic heterocycles. The largest absolute Gasteiger partial charge is 0.349 e. The molecular formula is C11H9ClFNO. The number of benzene rings is 1. The van der Waals surface area contributed by atoms with Gasteiger partial charge in [0.25, 0.3) is 0 Å². The molecule has 15 heavy (non-hydrogen) atoms. The fourth-order valence-corrected chi connectivity index (χ4v) is 2.04. The van der Waals surface area contributed by atoms with Gasteiger partial charge in [-0.05, 0) is 24.6 Å². The molecule has 0 unspecified atom stereocenters. The number of hydrogen-bond donors (Lipinski definition) is 1. The van der Waals surface area contributed by atoms with Crippen molar-refractivity contribution < 1.29 is 9.18 Å². The first-order chi connectivity index (χ1) is 7.02. The summed E-state index contributed by atoms with van der Waals surface area (Å²) in [5.41, 5.74) is 1.41. The van der Waals surface area contributed by atoms with Gasteiger partial charge in [-0.1, -0.05) is 11.6 Å². The summed E-state index contributed by atoms with van der Waals surface area (Å²) in [6, 6.07) is 2.77. The highest BCUT2D eigenvalue weighted by Crippen LogP contribution is 2.30. The Balaban J connectivity index is 2.93. The molecule has 0 atom stereocenters. The summed E-state index contributed by atoms with van der Waals surface area (Å²) in [7, 11) is 0. The number of carbonyl (C=O) groups is 1. The number of H-pyrrole nitrogens is 1. The Labute approximate surface area is 91.0 Å². The van der Waals surface area contributed by atoms with Gasteiger partial charge in [0.15, 0.2) is 5.78 Å². The molecule has 0 fully saturated rings. The lowest BCUT2D eigenvalue weighted by atomic mass is 10.1. The number of nitrogens with one attached hydrogen (secondary N) is 1. The van der Waals surface area contributed by atoms with Crippen molar-refractivity contribution in [1.29, 1.82) is 0 Å². The van der Waals surface area contributed by atoms with Gasteiger partial charge < -0.3 is 4.98 Å². The molecule has 2 nitrogen and oxygen atoms in total. The second kappa shape index (κ2) is 3.35. The molecule has 2 aromatic rings. The fourth-order valence-electron chi connectivity index (χ4n) is 1.74. The molecule has 0 aliphatic rings. The number of fused-ring (bicyclic) bond motifs is 1. The molecule has 0 radical (unpaired) electrons. The Morgan fingerprint density at radius 1 is 1.47 bits per heavy atom. The van der Waals surface area contributed by atoms with E-state index in [9.17, 15) is 9.18 Å². The number of carbonyl (C=O) groups excluding carboxylic acids is 1. The summed E-state index contributed by atoms with van der Waals surface area (Å²) < 4.78 is 13.4. The average molecular weight is 226 g/mol. The van der Waals surface area contributed by atoms with E-state index in [1.54, 1.807) is 6.92 Å². The predicted molar refractivity (Wildman–Crippen MR) is 58.0 cm³/mol. The third-order valence-corrected chi connectivity index (χ3v) is 2.77. The van der Waals surface area contributed by atoms with E-state index in [4.69, 9.17) is 11.6 Å². The zero-order valence-corrected chi connectivity index (χ0v) is 9.07. The van der Waals surface area contributed by atoms with Crippen LogP contribution in [-0.4, -0.2) is 10.8 Å². The Morgan fingerprint density at radius 2 is 2.13 bits per heavy atom. The van der Waals surface area contributed by atoms with Crippen LogP contribution in [0.4, 0.5) is 4.39 Å². The van der Waals surface area contributed by atoms with Crippen LogP contribution in [0.15, 0.2) is 12.1 Å². The van der Waals surface area contributed by atoms with Crippen LogP contribution in [0.5, 0.6) is 0 Å². The van der Waals surface area contributed by atoms with Gasteiger partial charge in [-0.25, -0.2) is 4.39 Å². The SMILES string of the molecule is CC(=O)c1[nH]c2c(F)ccc(Cl)c2c1C. The molecule has 0 saturated carbocycles. The number of aromatic nitrogens is 1. The van der Waals surface area contributed by atoms with E-state index in [0.29, 0.717) is 27.2 Å². The van der Waals surface area contributed by atoms with Gasteiger partial charge in [-0.15, -0.1) is 0 Å². The van der Waals surface area contributed by atoms with Crippen molar-refractivity contribution >= 4 is 28.3 Å². The smallest absolute Gasteiger partial charge is 0.176 e. The summed E-state index contributed by atoms with van der Waals surface area (Å²) in [5.74, 6) is -0.524. The Hall–Kier alpha value is -1.35. The van der Waals surface area contributed by atoms with Gasteiger partial charge in [-0.2, -0.15) is 0 Å². The lowest BCUT2D eigenvalue weighted by Gasteiger charge is -1.96. The Bertz CT molecular complexity index is 559. The summed E-state index contributed by atoms with van der Waals surface area (Å²) in [4.78, 5) is 14.0. The van der Waals surface area contributed by atoms with Crippen LogP contribution in [0.3, 0.4) is 0 Å². The molecule has 0 aliphatic heterocycles. The molecule has 1 N–H and O–H groups in total. The van der Waals surface area contributed by atoms with Crippen LogP contribution in [0.2, 0.25) is 5.02 Å². The van der Waals surface area contributed by atoms with Gasteiger partial charge in [0.05, 0.1) is 16.2 Å². The molecule has 0 saturated heterocycles. The summed E-state index contributed by atoms with van der Waals surface area (Å²) in [6.45, 7) is 3.18. The van der Waals surface area contributed by atoms with Crippen molar-refractivity contribution in [2.24, 2.45) is 0 Å². The Morgan fingerprint density at radius 3 is 2.67 bits per heavy atom. The molecule has 4 heteroatoms. The first-order valence-electron chi connectivity index (χ1n) is 4.49. The topological polar surface area (TPSA) is 32.9 Å². The lowest BCUT2D eigenvalue weighted by Crippen LogP contribution is -1.93. The third kappa shape index (κ3) is 1.43. The van der Waals surface area contributed by atoms with Gasteiger partial charge in [-0.3, -0.25) is 4.79 Å². The second-order valence-electron chi connectivity index (χ2n) is 3.46. The molecule has 78 valence electrons. The lowest BCUT2D eigenvalue weighted by molar-refractivity contribution is 0.101. The van der Waals surface area contributed by atoms with Crippen molar-refractivity contribution in [2.45, 2.75) is 13.8 Å². The molecule has 0 aliphatic carbocycles. The van der Waals surface area contributed by atoms with E-state index in [1.807, 2.05) is 0 Å². The van der Waals surface area contributed by atoms with Crippen molar-refractivity contribution in [1.82, 2.24) is 4.98 Å². The number of ketones is 1. The first-order valence-corrected chi connectivity index (χ1v) is 4.87. The van der Waals surface area contributed by atoms with Crippen LogP contribution < -0.4 is 0 Å². The summed E-state index contributed by atoms with van der Waals surface area (Å²) >= 11 is 5.95. The van der Waals surface area contributed by atoms with Crippen LogP contribution in [0, 0.1) is 12.7 Å². The molecule has 2 rings (SSSR count). The number of rotatable bonds is 1. The van der Waals surface area contributed by atoms with Crippen molar-refractivity contribution in [3.05, 3.63) is 34.2 Å². The minimum atomic E-state index is -0.398. The van der Waals surface area contributed by atoms with Crippen molar-refractivity contribution in [3.8, 4) is 0 Å². The van der Waals surface area contributed by atoms with Crippen LogP contribution in [0.25, 0.3) is 10.9 Å². The minimum absolute atomic E-state index is 0.126. The highest BCUT2D eigenvalue weighted by Gasteiger charge is 2.15. The van der Waals surface area contributed by atoms with E-state index in [2.05, 4.69) is 4.98 Å². The maximum Gasteiger partial charge on any atom is 0.176 e. The number of Topliss-reactive ketones (excluding diaryl/α,β-unsaturated/α-hetero) is 1. The van der Waals surface area contributed by atoms with E-state index in [0.717, 1.165) is 0 Å². The molecular weight excluding hydrogens is 217 g/mol. The second-order valence-corrected chi connectivity index (χ2v) is 3.87. The molecule has 1 heterocycles. The van der Waals surface area contributed by atoms with Crippen LogP contribution >= 0.6 is 11.6 Å². The third-order valence-electron chi connectivity index (χ3n) is 2.46. The van der Waals surface area contributed by atoms with Crippen LogP contribution in [0.1, 0.15) is 23.0 Å². The zero-order valence-electron chi connectivity index (χ0n) is 8.32. The standard InChI is InChI=1S/C11H9ClFNO/c1-5-9-7(12)3-4-8(13)11(9)14-10(5)6(2)15/h3-4,14H,1-2H3. The normalized spacial score (nSPS) is 10.9. The highest BCUT2D eigenvalue weighted by molar-refractivity contribution is 6.36. The molecule has 0 spiro atoms. The van der Waals surface area contributed by atoms with E-state index in [1.165, 1.54) is 19.1 Å². The Kier molecular flexibility index (Phi) is 2.27. The maximum atomic E-state index is 13.4. The molecule has 1 aromatic carbocycles. The highest BCUT2D eigenvalue weighted by atomic mass is 35.5. The number of halogens is 2. The van der Waals surface area contributed by atoms with E-state index in [-0.39, 0.29) is 5.78 Å². The number of hydrogen-bond acceptors (Lipinski definition) is 1. The monoisotopic (exact) mass is 225 g/mol. The van der Waals surface area contributed by atoms with E-state index >= 15 is 0 Å². The zero-order chi connectivity index (χ0) is 11.2. The maximum absolute atomic E-state index is 13.4. The van der Waals surface area contributed by atoms with Gasteiger partial charge in [0.1, 0.15) is 5.82 Å². The van der Waals surface area contributed by atoms with Gasteiger partial charge in [0, 0.05) is 12.3 Å². The first kappa shape index (κ1) is 10.2. The summed E-state index contributed by atoms with van der Waals surface area (Å²) in [5, 5.41) is 1.04. The minimum Gasteiger partial charge on any atom is -0.349 e. The molecule has 0 amide bonds. The van der Waals surface area contributed by atoms with Gasteiger partial charge >= 0.3 is 0 Å². The number of aryl methyl sites for hydroxylation is 1. The summed E-state index contributed by atoms with van der Waals surface area (Å²) in [6.07, 6.45) is 0.